The Morgan fingerprint density at radius 1 is 0.410 bits per heavy atom. The number of halogens is 8. The quantitative estimate of drug-likeness (QED) is 0.0401. The van der Waals surface area contributed by atoms with E-state index in [0.29, 0.717) is 160 Å². The Kier molecular flexibility index (Phi) is 51.1. The monoisotopic (exact) mass is 1980 g/mol. The number of nitrogens with zero attached hydrogens (tertiary/aromatic N) is 9. The van der Waals surface area contributed by atoms with Gasteiger partial charge in [0.1, 0.15) is 11.6 Å². The Hall–Kier alpha value is -3.37. The van der Waals surface area contributed by atoms with Gasteiger partial charge < -0.3 is 72.3 Å². The van der Waals surface area contributed by atoms with Crippen molar-refractivity contribution in [2.75, 3.05) is 142 Å². The highest BCUT2D eigenvalue weighted by Crippen LogP contribution is 2.43. The first-order chi connectivity index (χ1) is 65.0. The first kappa shape index (κ1) is 123. The summed E-state index contributed by atoms with van der Waals surface area (Å²) >= 11 is 0. The Balaban J connectivity index is 0.000000221. The van der Waals surface area contributed by atoms with Gasteiger partial charge in [0.15, 0.2) is 0 Å². The zero-order chi connectivity index (χ0) is 103. The van der Waals surface area contributed by atoms with E-state index < -0.39 is 24.8 Å². The van der Waals surface area contributed by atoms with E-state index in [1.165, 1.54) is 134 Å². The summed E-state index contributed by atoms with van der Waals surface area (Å²) in [6, 6.07) is 23.0. The van der Waals surface area contributed by atoms with Crippen molar-refractivity contribution in [2.45, 2.75) is 472 Å². The van der Waals surface area contributed by atoms with Crippen LogP contribution in [-0.4, -0.2) is 352 Å². The minimum absolute atomic E-state index is 0.0447. The standard InChI is InChI=1S/C18H29FN2.C17H27FN2.C16H32N2O.2C15H28F3N3.C15H31N3O.C15H30N2O/c1-18(2,3)20-16-12-13(10-11-17(16)21(4)5)14-8-6-7-9-15(14)19;1-12(2)19-16-11-13(9-10-17(16)20(3)4)14-7-5-6-8-15(14)18;1-16(2,3)17-14-8-4-5-9-15(14)18-10-6-7-13(11-18)12-19;1-14(2,3)20-12-6-5-10(15(16,17)18)7-13(12)21(4)11-8-19-9-11;1-11(2)19-13-6-4-5-7-14(13)20(3)12-8-21(9-12)10-15(16,17)18;1-15(2,3)16-12-9-7-8-10-13(12)18(6)14(19)11-17(4)5;1-12(2)16-14-7-3-4-8-15(14)17-9-5-6-13(10-17)11-18/h6-9,13,16-17,20H,10-12H2,1-5H3;5-8,12-13,16-17,19H,9-11H2,1-4H3;13-15,17,19H,4-12H2,1-3H3;10-13,19-20H,5-9H2,1-4H3;11-14,19H,4-10H2,1-3H3;12-13,16H,7-11H2,1-6H3;12-16,18H,3-11H2,1-2H3/t13-,16+,17+;13-,16-,17-;13-,14-,15-;10-,12-,13-;13-,14-;12-,13-;13-,14+,15+/m1000001/s1. The van der Waals surface area contributed by atoms with Crippen molar-refractivity contribution in [1.82, 2.24) is 86.6 Å². The molecule has 0 unspecified atom stereocenters. The number of aliphatic hydroxyl groups excluding tert-OH is 2. The third-order valence-electron chi connectivity index (χ3n) is 31.2. The Morgan fingerprint density at radius 3 is 1.23 bits per heavy atom. The first-order valence-electron chi connectivity index (χ1n) is 54.8. The van der Waals surface area contributed by atoms with Gasteiger partial charge in [-0.3, -0.25) is 29.3 Å². The predicted molar refractivity (Wildman–Crippen MR) is 563 cm³/mol. The first-order valence-corrected chi connectivity index (χ1v) is 54.8. The predicted octanol–water partition coefficient (Wildman–Crippen LogP) is 18.1. The van der Waals surface area contributed by atoms with E-state index in [9.17, 15) is 50.1 Å². The normalized spacial score (nSPS) is 29.9. The van der Waals surface area contributed by atoms with Gasteiger partial charge in [-0.1, -0.05) is 129 Å². The molecule has 7 aliphatic carbocycles. The molecule has 0 radical (unpaired) electrons. The summed E-state index contributed by atoms with van der Waals surface area (Å²) in [5, 5.41) is 47.9. The molecule has 20 nitrogen and oxygen atoms in total. The number of carbonyl (C=O) groups is 1. The number of hydrogen-bond acceptors (Lipinski definition) is 19. The molecule has 4 saturated heterocycles. The summed E-state index contributed by atoms with van der Waals surface area (Å²) in [7, 11) is 18.5. The van der Waals surface area contributed by atoms with Crippen molar-refractivity contribution in [3.05, 3.63) is 71.3 Å². The number of benzene rings is 2. The van der Waals surface area contributed by atoms with Crippen LogP contribution in [0.25, 0.3) is 0 Å². The fourth-order valence-electron chi connectivity index (χ4n) is 24.6. The molecule has 0 bridgehead atoms. The molecule has 10 N–H and O–H groups in total. The van der Waals surface area contributed by atoms with Gasteiger partial charge >= 0.3 is 12.4 Å². The van der Waals surface area contributed by atoms with E-state index in [0.717, 1.165) is 88.7 Å². The molecule has 139 heavy (non-hydrogen) atoms. The molecule has 1 amide bonds. The largest absolute Gasteiger partial charge is 0.401 e. The maximum Gasteiger partial charge on any atom is 0.401 e. The number of likely N-dealkylation sites (N-methyl/N-ethyl adjacent to an activating group) is 6. The fraction of sp³-hybridized carbons (Fsp3) is 0.883. The summed E-state index contributed by atoms with van der Waals surface area (Å²) in [5.41, 5.74) is 2.08. The van der Waals surface area contributed by atoms with Crippen molar-refractivity contribution >= 4 is 5.91 Å². The summed E-state index contributed by atoms with van der Waals surface area (Å²) in [5.74, 6) is 0.635. The number of hydrogen-bond donors (Lipinski definition) is 10. The van der Waals surface area contributed by atoms with Crippen molar-refractivity contribution in [3.63, 3.8) is 0 Å². The highest BCUT2D eigenvalue weighted by molar-refractivity contribution is 5.78. The number of rotatable bonds is 26. The summed E-state index contributed by atoms with van der Waals surface area (Å²) in [6.07, 6.45) is 24.6. The number of nitrogens with one attached hydrogen (secondary N) is 8. The van der Waals surface area contributed by atoms with Crippen LogP contribution in [0.4, 0.5) is 35.1 Å². The van der Waals surface area contributed by atoms with Crippen molar-refractivity contribution in [2.24, 2.45) is 17.8 Å². The number of alkyl halides is 6. The van der Waals surface area contributed by atoms with Crippen molar-refractivity contribution < 1.29 is 50.1 Å². The van der Waals surface area contributed by atoms with Gasteiger partial charge in [0, 0.05) is 196 Å². The molecule has 0 aromatic heterocycles. The lowest BCUT2D eigenvalue weighted by molar-refractivity contribution is -0.189. The van der Waals surface area contributed by atoms with E-state index in [2.05, 4.69) is 232 Å². The lowest BCUT2D eigenvalue weighted by Gasteiger charge is -2.50. The number of carbonyl (C=O) groups excluding carboxylic acids is 1. The molecule has 13 rings (SSSR count). The van der Waals surface area contributed by atoms with E-state index in [4.69, 9.17) is 0 Å². The number of piperidine rings is 2. The van der Waals surface area contributed by atoms with Gasteiger partial charge in [-0.05, 0) is 334 Å². The highest BCUT2D eigenvalue weighted by Gasteiger charge is 2.49. The number of likely N-dealkylation sites (tertiary alicyclic amines) is 3. The summed E-state index contributed by atoms with van der Waals surface area (Å²) in [4.78, 5) is 32.0. The van der Waals surface area contributed by atoms with Crippen molar-refractivity contribution in [1.29, 1.82) is 0 Å². The Morgan fingerprint density at radius 2 is 0.799 bits per heavy atom. The van der Waals surface area contributed by atoms with Gasteiger partial charge in [-0.25, -0.2) is 8.78 Å². The minimum Gasteiger partial charge on any atom is -0.396 e. The van der Waals surface area contributed by atoms with Gasteiger partial charge in [0.05, 0.1) is 19.0 Å². The zero-order valence-corrected chi connectivity index (χ0v) is 92.3. The number of aliphatic hydroxyl groups is 2. The smallest absolute Gasteiger partial charge is 0.396 e. The van der Waals surface area contributed by atoms with Crippen LogP contribution in [0.1, 0.15) is 334 Å². The molecular formula is C111H205F8N17O3. The molecule has 28 heteroatoms. The van der Waals surface area contributed by atoms with E-state index in [1.807, 2.05) is 62.3 Å². The van der Waals surface area contributed by atoms with Crippen LogP contribution in [0.15, 0.2) is 48.5 Å². The van der Waals surface area contributed by atoms with Crippen LogP contribution >= 0.6 is 0 Å². The lowest BCUT2D eigenvalue weighted by Crippen LogP contribution is -2.65. The summed E-state index contributed by atoms with van der Waals surface area (Å²) < 4.78 is 104. The Labute approximate surface area is 841 Å². The second-order valence-corrected chi connectivity index (χ2v) is 49.7. The highest BCUT2D eigenvalue weighted by atomic mass is 19.4. The van der Waals surface area contributed by atoms with Gasteiger partial charge in [0.2, 0.25) is 5.91 Å². The molecule has 19 atom stereocenters. The molecule has 11 aliphatic rings. The van der Waals surface area contributed by atoms with E-state index in [-0.39, 0.29) is 70.7 Å². The third kappa shape index (κ3) is 43.0. The molecule has 0 spiro atoms. The maximum atomic E-state index is 14.1. The van der Waals surface area contributed by atoms with Crippen LogP contribution in [-0.2, 0) is 4.79 Å². The van der Waals surface area contributed by atoms with Crippen LogP contribution in [0.5, 0.6) is 0 Å². The van der Waals surface area contributed by atoms with Crippen molar-refractivity contribution in [3.8, 4) is 0 Å². The molecule has 808 valence electrons. The molecule has 4 heterocycles. The fourth-order valence-corrected chi connectivity index (χ4v) is 24.6. The summed E-state index contributed by atoms with van der Waals surface area (Å²) in [6.45, 7) is 47.4. The SMILES string of the molecule is CC(C)(C)N[C@H]1CCCC[C@@H]1N1CCC[C@H](CO)C1.CC(C)N[C@H]1CCCC[C@@H]1N(C)C1CN(CC(F)(F)F)C1.CC(C)N[C@H]1CCCC[C@@H]1N1CCC[C@@H](CO)C1.CC(C)N[C@H]1C[C@@H](c2ccccc2F)CC[C@@H]1N(C)C.CN(C)CC(=O)N(C)[C@H]1CCCC[C@@H]1NC(C)(C)C.CN(C)[C@H]1CC[C@@H](c2ccccc2F)C[C@@H]1NC(C)(C)C.CN(C1CNC1)[C@H]1C[C@@H](C(F)(F)F)CC[C@@H]1NC(C)(C)C. The van der Waals surface area contributed by atoms with Crippen LogP contribution in [0.3, 0.4) is 0 Å². The molecule has 7 saturated carbocycles. The average Bonchev–Trinajstić information content (AvgIpc) is 0.795. The lowest BCUT2D eigenvalue weighted by atomic mass is 9.77. The maximum absolute atomic E-state index is 14.1. The van der Waals surface area contributed by atoms with Gasteiger partial charge in [-0.15, -0.1) is 0 Å². The minimum atomic E-state index is -4.07. The molecule has 2 aromatic rings. The molecule has 11 fully saturated rings. The Bertz CT molecular complexity index is 3700. The van der Waals surface area contributed by atoms with Crippen LogP contribution < -0.4 is 42.5 Å². The second-order valence-electron chi connectivity index (χ2n) is 49.7. The van der Waals surface area contributed by atoms with Crippen LogP contribution in [0, 0.1) is 29.4 Å². The molecule has 2 aromatic carbocycles. The average molecular weight is 1980 g/mol. The van der Waals surface area contributed by atoms with Gasteiger partial charge in [0.25, 0.3) is 0 Å². The van der Waals surface area contributed by atoms with Gasteiger partial charge in [-0.2, -0.15) is 26.3 Å². The van der Waals surface area contributed by atoms with E-state index in [1.54, 1.807) is 24.3 Å². The third-order valence-corrected chi connectivity index (χ3v) is 31.2. The zero-order valence-electron chi connectivity index (χ0n) is 92.3. The molecular weight excluding hydrogens is 1770 g/mol. The topological polar surface area (TPSA) is 183 Å². The second kappa shape index (κ2) is 58.0. The van der Waals surface area contributed by atoms with E-state index >= 15 is 0 Å². The number of amides is 1. The molecule has 4 aliphatic heterocycles. The van der Waals surface area contributed by atoms with Crippen LogP contribution in [0.2, 0.25) is 0 Å².